The van der Waals surface area contributed by atoms with Gasteiger partial charge in [-0.15, -0.1) is 0 Å². The molecule has 1 rings (SSSR count). The summed E-state index contributed by atoms with van der Waals surface area (Å²) in [5, 5.41) is 0.142. The third kappa shape index (κ3) is 4.64. The molecule has 0 N–H and O–H groups in total. The van der Waals surface area contributed by atoms with Crippen LogP contribution >= 0.6 is 19.6 Å². The van der Waals surface area contributed by atoms with Crippen molar-refractivity contribution in [2.24, 2.45) is 0 Å². The number of carbonyl (C=O) groups excluding carboxylic acids is 1. The number of phosphoric acid groups is 1. The average Bonchev–Trinajstić information content (AvgIpc) is 2.80. The van der Waals surface area contributed by atoms with Gasteiger partial charge in [0.25, 0.3) is 0 Å². The van der Waals surface area contributed by atoms with Crippen molar-refractivity contribution in [3.05, 3.63) is 0 Å². The molecule has 1 aliphatic heterocycles. The zero-order valence-electron chi connectivity index (χ0n) is 11.0. The topological polar surface area (TPSA) is 65.1 Å². The molecule has 106 valence electrons. The number of likely N-dealkylation sites (N-methyl/N-ethyl adjacent to an activating group) is 1. The van der Waals surface area contributed by atoms with Crippen molar-refractivity contribution in [1.29, 1.82) is 0 Å². The summed E-state index contributed by atoms with van der Waals surface area (Å²) in [5.74, 6) is 0.444. The summed E-state index contributed by atoms with van der Waals surface area (Å²) in [5.41, 5.74) is 0. The fraction of sp³-hybridized carbons (Fsp3) is 0.900. The number of phosphoric ester groups is 1. The highest BCUT2D eigenvalue weighted by Gasteiger charge is 2.28. The van der Waals surface area contributed by atoms with Gasteiger partial charge in [0.2, 0.25) is 5.12 Å². The first-order valence-electron chi connectivity index (χ1n) is 5.75. The Labute approximate surface area is 112 Å². The van der Waals surface area contributed by atoms with Gasteiger partial charge in [0.15, 0.2) is 0 Å². The minimum absolute atomic E-state index is 0.00616. The van der Waals surface area contributed by atoms with Crippen molar-refractivity contribution in [3.63, 3.8) is 0 Å². The summed E-state index contributed by atoms with van der Waals surface area (Å²) in [6, 6.07) is 0.00616. The standard InChI is InChI=1S/C10H20NO5PS/c1-11-6-4-5-9(11)10(12)18-8-7-16-17(13,14-2)15-3/h9H,4-8H2,1-3H3. The zero-order valence-corrected chi connectivity index (χ0v) is 12.7. The second kappa shape index (κ2) is 7.62. The molecule has 0 radical (unpaired) electrons. The van der Waals surface area contributed by atoms with E-state index in [1.54, 1.807) is 0 Å². The molecule has 0 spiro atoms. The largest absolute Gasteiger partial charge is 0.474 e. The Morgan fingerprint density at radius 2 is 2.11 bits per heavy atom. The van der Waals surface area contributed by atoms with Crippen LogP contribution in [0.25, 0.3) is 0 Å². The van der Waals surface area contributed by atoms with Crippen LogP contribution in [0.4, 0.5) is 0 Å². The Hall–Kier alpha value is 0.0900. The van der Waals surface area contributed by atoms with E-state index in [-0.39, 0.29) is 17.8 Å². The van der Waals surface area contributed by atoms with Crippen molar-refractivity contribution >= 4 is 24.7 Å². The van der Waals surface area contributed by atoms with E-state index >= 15 is 0 Å². The van der Waals surface area contributed by atoms with E-state index in [4.69, 9.17) is 4.52 Å². The monoisotopic (exact) mass is 297 g/mol. The third-order valence-electron chi connectivity index (χ3n) is 2.82. The first-order valence-corrected chi connectivity index (χ1v) is 8.20. The van der Waals surface area contributed by atoms with Crippen LogP contribution in [0.1, 0.15) is 12.8 Å². The van der Waals surface area contributed by atoms with Crippen molar-refractivity contribution in [1.82, 2.24) is 4.90 Å². The van der Waals surface area contributed by atoms with Crippen LogP contribution in [0.5, 0.6) is 0 Å². The van der Waals surface area contributed by atoms with Gasteiger partial charge in [0.05, 0.1) is 12.6 Å². The van der Waals surface area contributed by atoms with E-state index in [2.05, 4.69) is 13.9 Å². The fourth-order valence-electron chi connectivity index (χ4n) is 1.78. The number of likely N-dealkylation sites (tertiary alicyclic amines) is 1. The van der Waals surface area contributed by atoms with Gasteiger partial charge >= 0.3 is 7.82 Å². The molecule has 1 heterocycles. The SMILES string of the molecule is COP(=O)(OC)OCCSC(=O)C1CCCN1C. The minimum atomic E-state index is -3.41. The molecule has 0 bridgehead atoms. The Balaban J connectivity index is 2.22. The molecule has 6 nitrogen and oxygen atoms in total. The second-order valence-electron chi connectivity index (χ2n) is 3.95. The normalized spacial score (nSPS) is 21.4. The number of carbonyl (C=O) groups is 1. The number of hydrogen-bond acceptors (Lipinski definition) is 7. The lowest BCUT2D eigenvalue weighted by Gasteiger charge is -2.17. The van der Waals surface area contributed by atoms with Crippen LogP contribution in [-0.4, -0.2) is 56.2 Å². The van der Waals surface area contributed by atoms with E-state index in [0.29, 0.717) is 5.75 Å². The molecule has 0 aromatic carbocycles. The lowest BCUT2D eigenvalue weighted by molar-refractivity contribution is -0.114. The van der Waals surface area contributed by atoms with Crippen LogP contribution in [0.15, 0.2) is 0 Å². The molecule has 18 heavy (non-hydrogen) atoms. The summed E-state index contributed by atoms with van der Waals surface area (Å²) in [4.78, 5) is 13.9. The minimum Gasteiger partial charge on any atom is -0.296 e. The van der Waals surface area contributed by atoms with Gasteiger partial charge in [-0.25, -0.2) is 4.57 Å². The van der Waals surface area contributed by atoms with Crippen molar-refractivity contribution < 1.29 is 22.9 Å². The van der Waals surface area contributed by atoms with Gasteiger partial charge in [-0.2, -0.15) is 0 Å². The summed E-state index contributed by atoms with van der Waals surface area (Å²) in [7, 11) is 1.06. The van der Waals surface area contributed by atoms with Gasteiger partial charge < -0.3 is 0 Å². The highest BCUT2D eigenvalue weighted by molar-refractivity contribution is 8.13. The molecule has 0 aliphatic carbocycles. The first-order chi connectivity index (χ1) is 8.52. The summed E-state index contributed by atoms with van der Waals surface area (Å²) in [6.07, 6.45) is 1.98. The third-order valence-corrected chi connectivity index (χ3v) is 5.14. The predicted molar refractivity (Wildman–Crippen MR) is 70.7 cm³/mol. The van der Waals surface area contributed by atoms with Crippen LogP contribution in [0, 0.1) is 0 Å². The Morgan fingerprint density at radius 3 is 2.61 bits per heavy atom. The second-order valence-corrected chi connectivity index (χ2v) is 6.93. The molecule has 1 unspecified atom stereocenters. The Morgan fingerprint density at radius 1 is 1.44 bits per heavy atom. The van der Waals surface area contributed by atoms with Crippen LogP contribution in [0.2, 0.25) is 0 Å². The van der Waals surface area contributed by atoms with Crippen molar-refractivity contribution in [3.8, 4) is 0 Å². The highest BCUT2D eigenvalue weighted by atomic mass is 32.2. The van der Waals surface area contributed by atoms with Gasteiger partial charge in [0, 0.05) is 20.0 Å². The number of nitrogens with zero attached hydrogens (tertiary/aromatic N) is 1. The predicted octanol–water partition coefficient (Wildman–Crippen LogP) is 1.76. The quantitative estimate of drug-likeness (QED) is 0.524. The zero-order chi connectivity index (χ0) is 13.6. The average molecular weight is 297 g/mol. The number of hydrogen-bond donors (Lipinski definition) is 0. The molecular formula is C10H20NO5PS. The van der Waals surface area contributed by atoms with Crippen LogP contribution in [-0.2, 0) is 22.9 Å². The molecular weight excluding hydrogens is 277 g/mol. The van der Waals surface area contributed by atoms with Crippen LogP contribution < -0.4 is 0 Å². The molecule has 8 heteroatoms. The lowest BCUT2D eigenvalue weighted by atomic mass is 10.2. The summed E-state index contributed by atoms with van der Waals surface area (Å²) >= 11 is 1.20. The van der Waals surface area contributed by atoms with Gasteiger partial charge in [0.1, 0.15) is 0 Å². The lowest BCUT2D eigenvalue weighted by Crippen LogP contribution is -2.31. The molecule has 1 fully saturated rings. The summed E-state index contributed by atoms with van der Waals surface area (Å²) in [6.45, 7) is 1.13. The van der Waals surface area contributed by atoms with E-state index < -0.39 is 7.82 Å². The Bertz CT molecular complexity index is 319. The Kier molecular flexibility index (Phi) is 6.84. The van der Waals surface area contributed by atoms with Crippen molar-refractivity contribution in [2.75, 3.05) is 40.2 Å². The maximum atomic E-state index is 11.9. The number of rotatable bonds is 7. The van der Waals surface area contributed by atoms with E-state index in [9.17, 15) is 9.36 Å². The maximum Gasteiger partial charge on any atom is 0.474 e. The number of thioether (sulfide) groups is 1. The molecule has 1 aliphatic rings. The van der Waals surface area contributed by atoms with E-state index in [1.165, 1.54) is 26.0 Å². The summed E-state index contributed by atoms with van der Waals surface area (Å²) < 4.78 is 25.8. The smallest absolute Gasteiger partial charge is 0.296 e. The van der Waals surface area contributed by atoms with Gasteiger partial charge in [-0.3, -0.25) is 23.3 Å². The first kappa shape index (κ1) is 16.1. The van der Waals surface area contributed by atoms with Crippen molar-refractivity contribution in [2.45, 2.75) is 18.9 Å². The van der Waals surface area contributed by atoms with Crippen LogP contribution in [0.3, 0.4) is 0 Å². The molecule has 1 saturated heterocycles. The highest BCUT2D eigenvalue weighted by Crippen LogP contribution is 2.47. The molecule has 0 aromatic rings. The van der Waals surface area contributed by atoms with E-state index in [1.807, 2.05) is 7.05 Å². The molecule has 0 aromatic heterocycles. The van der Waals surface area contributed by atoms with E-state index in [0.717, 1.165) is 19.4 Å². The fourth-order valence-corrected chi connectivity index (χ4v) is 3.43. The molecule has 1 atom stereocenters. The van der Waals surface area contributed by atoms with Gasteiger partial charge in [-0.1, -0.05) is 11.8 Å². The van der Waals surface area contributed by atoms with Gasteiger partial charge in [-0.05, 0) is 26.4 Å². The molecule has 0 amide bonds. The molecule has 0 saturated carbocycles. The maximum absolute atomic E-state index is 11.9.